The van der Waals surface area contributed by atoms with Crippen LogP contribution in [0.25, 0.3) is 0 Å². The smallest absolute Gasteiger partial charge is 0.165 e. The minimum absolute atomic E-state index is 0.0125. The van der Waals surface area contributed by atoms with Crippen molar-refractivity contribution < 1.29 is 13.9 Å². The maximum Gasteiger partial charge on any atom is 0.165 e. The number of ether oxygens (including phenoxy) is 2. The summed E-state index contributed by atoms with van der Waals surface area (Å²) in [5, 5.41) is 0. The fraction of sp³-hybridized carbons (Fsp3) is 0.600. The third-order valence-corrected chi connectivity index (χ3v) is 4.04. The molecule has 0 aliphatic carbocycles. The summed E-state index contributed by atoms with van der Waals surface area (Å²) in [6, 6.07) is 5.51. The lowest BCUT2D eigenvalue weighted by Crippen LogP contribution is -2.41. The van der Waals surface area contributed by atoms with Gasteiger partial charge < -0.3 is 15.2 Å². The van der Waals surface area contributed by atoms with Crippen LogP contribution >= 0.6 is 0 Å². The quantitative estimate of drug-likeness (QED) is 0.896. The molecule has 4 nitrogen and oxygen atoms in total. The summed E-state index contributed by atoms with van der Waals surface area (Å²) < 4.78 is 24.2. The molecule has 1 aliphatic rings. The first-order chi connectivity index (χ1) is 9.67. The molecular weight excluding hydrogens is 259 g/mol. The topological polar surface area (TPSA) is 47.7 Å². The van der Waals surface area contributed by atoms with Crippen LogP contribution in [0.3, 0.4) is 0 Å². The monoisotopic (exact) mass is 282 g/mol. The van der Waals surface area contributed by atoms with E-state index in [2.05, 4.69) is 11.9 Å². The first-order valence-electron chi connectivity index (χ1n) is 7.00. The van der Waals surface area contributed by atoms with Crippen molar-refractivity contribution in [2.24, 2.45) is 5.73 Å². The Hall–Kier alpha value is -1.17. The molecule has 2 rings (SSSR count). The first kappa shape index (κ1) is 15.2. The summed E-state index contributed by atoms with van der Waals surface area (Å²) in [5.74, 6) is -0.0814. The maximum absolute atomic E-state index is 13.8. The number of rotatable bonds is 5. The molecule has 5 heteroatoms. The van der Waals surface area contributed by atoms with E-state index in [0.717, 1.165) is 31.6 Å². The van der Waals surface area contributed by atoms with Crippen LogP contribution in [0, 0.1) is 5.82 Å². The van der Waals surface area contributed by atoms with Crippen LogP contribution in [-0.2, 0) is 4.74 Å². The molecule has 20 heavy (non-hydrogen) atoms. The lowest BCUT2D eigenvalue weighted by molar-refractivity contribution is 0.0293. The van der Waals surface area contributed by atoms with E-state index in [-0.39, 0.29) is 17.6 Å². The Morgan fingerprint density at radius 2 is 2.15 bits per heavy atom. The number of hydrogen-bond acceptors (Lipinski definition) is 4. The standard InChI is InChI=1S/C15H23FN2O2/c1-18(12-5-7-20-8-6-12)14(10-17)11-3-4-15(19-2)13(16)9-11/h3-4,9,12,14H,5-8,10,17H2,1-2H3. The van der Waals surface area contributed by atoms with Gasteiger partial charge in [-0.1, -0.05) is 6.07 Å². The predicted molar refractivity (Wildman–Crippen MR) is 76.4 cm³/mol. The zero-order chi connectivity index (χ0) is 14.5. The molecule has 0 aromatic heterocycles. The zero-order valence-corrected chi connectivity index (χ0v) is 12.1. The van der Waals surface area contributed by atoms with E-state index in [4.69, 9.17) is 15.2 Å². The molecule has 1 saturated heterocycles. The number of methoxy groups -OCH3 is 1. The summed E-state index contributed by atoms with van der Waals surface area (Å²) in [6.45, 7) is 2.02. The van der Waals surface area contributed by atoms with Gasteiger partial charge in [0.05, 0.1) is 7.11 Å². The molecule has 1 aliphatic heterocycles. The van der Waals surface area contributed by atoms with Crippen LogP contribution in [0.5, 0.6) is 5.75 Å². The average Bonchev–Trinajstić information content (AvgIpc) is 2.49. The van der Waals surface area contributed by atoms with E-state index >= 15 is 0 Å². The van der Waals surface area contributed by atoms with Gasteiger partial charge in [0.15, 0.2) is 11.6 Å². The van der Waals surface area contributed by atoms with Gasteiger partial charge in [-0.25, -0.2) is 4.39 Å². The Labute approximate surface area is 119 Å². The van der Waals surface area contributed by atoms with E-state index in [0.29, 0.717) is 12.6 Å². The van der Waals surface area contributed by atoms with Crippen LogP contribution < -0.4 is 10.5 Å². The highest BCUT2D eigenvalue weighted by atomic mass is 19.1. The summed E-state index contributed by atoms with van der Waals surface area (Å²) in [5.41, 5.74) is 6.80. The van der Waals surface area contributed by atoms with Crippen LogP contribution in [0.2, 0.25) is 0 Å². The van der Waals surface area contributed by atoms with Crippen molar-refractivity contribution in [2.45, 2.75) is 24.9 Å². The van der Waals surface area contributed by atoms with E-state index in [1.807, 2.05) is 6.07 Å². The number of hydrogen-bond donors (Lipinski definition) is 1. The minimum Gasteiger partial charge on any atom is -0.494 e. The van der Waals surface area contributed by atoms with E-state index in [1.165, 1.54) is 13.2 Å². The number of nitrogens with two attached hydrogens (primary N) is 1. The molecule has 112 valence electrons. The van der Waals surface area contributed by atoms with Gasteiger partial charge in [0.1, 0.15) is 0 Å². The Morgan fingerprint density at radius 3 is 2.70 bits per heavy atom. The average molecular weight is 282 g/mol. The molecule has 0 radical (unpaired) electrons. The zero-order valence-electron chi connectivity index (χ0n) is 12.1. The minimum atomic E-state index is -0.344. The Kier molecular flexibility index (Phi) is 5.34. The van der Waals surface area contributed by atoms with Crippen molar-refractivity contribution in [2.75, 3.05) is 33.9 Å². The van der Waals surface area contributed by atoms with Gasteiger partial charge in [-0.15, -0.1) is 0 Å². The summed E-state index contributed by atoms with van der Waals surface area (Å²) >= 11 is 0. The van der Waals surface area contributed by atoms with Crippen molar-refractivity contribution in [1.29, 1.82) is 0 Å². The molecular formula is C15H23FN2O2. The molecule has 0 amide bonds. The SMILES string of the molecule is COc1ccc(C(CN)N(C)C2CCOCC2)cc1F. The van der Waals surface area contributed by atoms with Crippen LogP contribution in [0.4, 0.5) is 4.39 Å². The van der Waals surface area contributed by atoms with Gasteiger partial charge in [0.2, 0.25) is 0 Å². The second-order valence-electron chi connectivity index (χ2n) is 5.15. The Bertz CT molecular complexity index is 436. The largest absolute Gasteiger partial charge is 0.494 e. The van der Waals surface area contributed by atoms with Gasteiger partial charge in [-0.05, 0) is 37.6 Å². The molecule has 1 aromatic carbocycles. The molecule has 0 spiro atoms. The predicted octanol–water partition coefficient (Wildman–Crippen LogP) is 1.94. The normalized spacial score (nSPS) is 18.2. The summed E-state index contributed by atoms with van der Waals surface area (Å²) in [6.07, 6.45) is 1.98. The highest BCUT2D eigenvalue weighted by Gasteiger charge is 2.25. The molecule has 1 atom stereocenters. The number of nitrogens with zero attached hydrogens (tertiary/aromatic N) is 1. The molecule has 1 fully saturated rings. The lowest BCUT2D eigenvalue weighted by Gasteiger charge is -2.37. The molecule has 1 aromatic rings. The Morgan fingerprint density at radius 1 is 1.45 bits per heavy atom. The van der Waals surface area contributed by atoms with Crippen molar-refractivity contribution in [3.8, 4) is 5.75 Å². The van der Waals surface area contributed by atoms with Gasteiger partial charge in [-0.2, -0.15) is 0 Å². The van der Waals surface area contributed by atoms with Crippen molar-refractivity contribution in [1.82, 2.24) is 4.90 Å². The van der Waals surface area contributed by atoms with E-state index < -0.39 is 0 Å². The fourth-order valence-electron chi connectivity index (χ4n) is 2.77. The van der Waals surface area contributed by atoms with Crippen LogP contribution in [-0.4, -0.2) is 44.9 Å². The maximum atomic E-state index is 13.8. The Balaban J connectivity index is 2.16. The van der Waals surface area contributed by atoms with Crippen molar-refractivity contribution in [3.63, 3.8) is 0 Å². The summed E-state index contributed by atoms with van der Waals surface area (Å²) in [7, 11) is 3.52. The molecule has 2 N–H and O–H groups in total. The van der Waals surface area contributed by atoms with Gasteiger partial charge in [0, 0.05) is 31.8 Å². The lowest BCUT2D eigenvalue weighted by atomic mass is 10.00. The molecule has 1 heterocycles. The second-order valence-corrected chi connectivity index (χ2v) is 5.15. The fourth-order valence-corrected chi connectivity index (χ4v) is 2.77. The number of likely N-dealkylation sites (N-methyl/N-ethyl adjacent to an activating group) is 1. The number of benzene rings is 1. The summed E-state index contributed by atoms with van der Waals surface area (Å²) in [4.78, 5) is 2.24. The van der Waals surface area contributed by atoms with Gasteiger partial charge in [0.25, 0.3) is 0 Å². The highest BCUT2D eigenvalue weighted by molar-refractivity contribution is 5.31. The van der Waals surface area contributed by atoms with Crippen LogP contribution in [0.15, 0.2) is 18.2 Å². The highest BCUT2D eigenvalue weighted by Crippen LogP contribution is 2.27. The molecule has 0 bridgehead atoms. The third-order valence-electron chi connectivity index (χ3n) is 4.04. The van der Waals surface area contributed by atoms with Crippen molar-refractivity contribution >= 4 is 0 Å². The van der Waals surface area contributed by atoms with Gasteiger partial charge >= 0.3 is 0 Å². The molecule has 0 saturated carbocycles. The van der Waals surface area contributed by atoms with Crippen molar-refractivity contribution in [3.05, 3.63) is 29.6 Å². The second kappa shape index (κ2) is 7.02. The van der Waals surface area contributed by atoms with Crippen LogP contribution in [0.1, 0.15) is 24.4 Å². The van der Waals surface area contributed by atoms with E-state index in [9.17, 15) is 4.39 Å². The molecule has 1 unspecified atom stereocenters. The first-order valence-corrected chi connectivity index (χ1v) is 7.00. The number of halogens is 1. The third kappa shape index (κ3) is 3.29. The van der Waals surface area contributed by atoms with Gasteiger partial charge in [-0.3, -0.25) is 4.90 Å². The van der Waals surface area contributed by atoms with E-state index in [1.54, 1.807) is 6.07 Å².